The van der Waals surface area contributed by atoms with Crippen LogP contribution in [0.3, 0.4) is 0 Å². The number of aromatic nitrogens is 4. The maximum Gasteiger partial charge on any atom is 0.318 e. The van der Waals surface area contributed by atoms with E-state index in [0.717, 1.165) is 43.0 Å². The van der Waals surface area contributed by atoms with Crippen LogP contribution in [0.15, 0.2) is 36.7 Å². The Labute approximate surface area is 207 Å². The number of ether oxygens (including phenoxy) is 1. The fourth-order valence-corrected chi connectivity index (χ4v) is 4.59. The van der Waals surface area contributed by atoms with Gasteiger partial charge in [0.05, 0.1) is 29.0 Å². The number of anilines is 1. The number of nitrogens with one attached hydrogen (secondary N) is 2. The Bertz CT molecular complexity index is 1210. The van der Waals surface area contributed by atoms with E-state index in [1.165, 1.54) is 12.1 Å². The van der Waals surface area contributed by atoms with Gasteiger partial charge in [0.1, 0.15) is 5.82 Å². The number of hydrogen-bond donors (Lipinski definition) is 2. The van der Waals surface area contributed by atoms with E-state index in [0.29, 0.717) is 31.0 Å². The molecule has 2 aromatic heterocycles. The van der Waals surface area contributed by atoms with Gasteiger partial charge in [-0.1, -0.05) is 17.7 Å². The van der Waals surface area contributed by atoms with E-state index in [1.807, 2.05) is 6.20 Å². The highest BCUT2D eigenvalue weighted by Gasteiger charge is 2.27. The van der Waals surface area contributed by atoms with Gasteiger partial charge in [-0.25, -0.2) is 19.2 Å². The van der Waals surface area contributed by atoms with Crippen molar-refractivity contribution in [2.24, 2.45) is 7.05 Å². The van der Waals surface area contributed by atoms with Crippen molar-refractivity contribution < 1.29 is 13.9 Å². The summed E-state index contributed by atoms with van der Waals surface area (Å²) in [7, 11) is 1.78. The van der Waals surface area contributed by atoms with Gasteiger partial charge in [-0.2, -0.15) is 5.10 Å². The number of rotatable bonds is 5. The SMILES string of the molecule is Cn1nccc1C(NC(=O)N1CCc2cnc(NC3CCOCC3)nc2C1)c1ccc(Cl)c(F)c1. The van der Waals surface area contributed by atoms with Gasteiger partial charge < -0.3 is 20.3 Å². The van der Waals surface area contributed by atoms with Crippen molar-refractivity contribution in [3.63, 3.8) is 0 Å². The van der Waals surface area contributed by atoms with E-state index in [9.17, 15) is 9.18 Å². The average Bonchev–Trinajstić information content (AvgIpc) is 3.29. The molecule has 184 valence electrons. The van der Waals surface area contributed by atoms with Gasteiger partial charge in [0.25, 0.3) is 0 Å². The quantitative estimate of drug-likeness (QED) is 0.558. The number of urea groups is 1. The zero-order valence-corrected chi connectivity index (χ0v) is 20.1. The summed E-state index contributed by atoms with van der Waals surface area (Å²) in [5, 5.41) is 10.7. The van der Waals surface area contributed by atoms with Crippen LogP contribution >= 0.6 is 11.6 Å². The van der Waals surface area contributed by atoms with Crippen LogP contribution in [0, 0.1) is 5.82 Å². The lowest BCUT2D eigenvalue weighted by atomic mass is 10.0. The Hall–Kier alpha value is -3.24. The van der Waals surface area contributed by atoms with Gasteiger partial charge in [-0.05, 0) is 48.6 Å². The highest BCUT2D eigenvalue weighted by atomic mass is 35.5. The van der Waals surface area contributed by atoms with E-state index in [1.54, 1.807) is 35.0 Å². The van der Waals surface area contributed by atoms with E-state index in [4.69, 9.17) is 21.3 Å². The zero-order valence-electron chi connectivity index (χ0n) is 19.4. The van der Waals surface area contributed by atoms with Gasteiger partial charge in [-0.15, -0.1) is 0 Å². The van der Waals surface area contributed by atoms with Crippen LogP contribution in [0.4, 0.5) is 15.1 Å². The maximum absolute atomic E-state index is 14.2. The number of carbonyl (C=O) groups is 1. The summed E-state index contributed by atoms with van der Waals surface area (Å²) in [6.45, 7) is 2.35. The number of aryl methyl sites for hydroxylation is 1. The second kappa shape index (κ2) is 10.2. The highest BCUT2D eigenvalue weighted by Crippen LogP contribution is 2.26. The highest BCUT2D eigenvalue weighted by molar-refractivity contribution is 6.30. The third kappa shape index (κ3) is 5.23. The predicted molar refractivity (Wildman–Crippen MR) is 129 cm³/mol. The lowest BCUT2D eigenvalue weighted by Gasteiger charge is -2.31. The van der Waals surface area contributed by atoms with Gasteiger partial charge >= 0.3 is 6.03 Å². The second-order valence-electron chi connectivity index (χ2n) is 8.80. The van der Waals surface area contributed by atoms with Crippen LogP contribution in [0.1, 0.15) is 41.4 Å². The molecule has 0 radical (unpaired) electrons. The molecule has 35 heavy (non-hydrogen) atoms. The Morgan fingerprint density at radius 1 is 1.29 bits per heavy atom. The summed E-state index contributed by atoms with van der Waals surface area (Å²) in [5.41, 5.74) is 3.16. The minimum absolute atomic E-state index is 0.0290. The molecule has 9 nitrogen and oxygen atoms in total. The molecule has 11 heteroatoms. The number of halogens is 2. The smallest absolute Gasteiger partial charge is 0.318 e. The van der Waals surface area contributed by atoms with E-state index >= 15 is 0 Å². The molecule has 1 saturated heterocycles. The number of carbonyl (C=O) groups excluding carboxylic acids is 1. The van der Waals surface area contributed by atoms with Gasteiger partial charge in [0.15, 0.2) is 0 Å². The van der Waals surface area contributed by atoms with Crippen LogP contribution < -0.4 is 10.6 Å². The monoisotopic (exact) mass is 499 g/mol. The molecule has 4 heterocycles. The van der Waals surface area contributed by atoms with Crippen molar-refractivity contribution in [2.45, 2.75) is 37.9 Å². The maximum atomic E-state index is 14.2. The zero-order chi connectivity index (χ0) is 24.4. The lowest BCUT2D eigenvalue weighted by Crippen LogP contribution is -2.45. The Morgan fingerprint density at radius 2 is 2.11 bits per heavy atom. The average molecular weight is 500 g/mol. The molecule has 0 bridgehead atoms. The standard InChI is InChI=1S/C24H27ClFN7O2/c1-32-21(4-8-28-32)22(15-2-3-18(25)19(26)12-15)31-24(34)33-9-5-16-13-27-23(30-20(16)14-33)29-17-6-10-35-11-7-17/h2-4,8,12-13,17,22H,5-7,9-11,14H2,1H3,(H,31,34)(H,27,29,30). The number of hydrogen-bond acceptors (Lipinski definition) is 6. The first-order valence-corrected chi connectivity index (χ1v) is 12.0. The number of amides is 2. The molecule has 1 atom stereocenters. The Kier molecular flexibility index (Phi) is 6.83. The van der Waals surface area contributed by atoms with Gasteiger partial charge in [0, 0.05) is 45.2 Å². The summed E-state index contributed by atoms with van der Waals surface area (Å²) in [5.74, 6) is 0.0288. The minimum atomic E-state index is -0.598. The van der Waals surface area contributed by atoms with Gasteiger partial charge in [-0.3, -0.25) is 4.68 Å². The second-order valence-corrected chi connectivity index (χ2v) is 9.21. The molecular formula is C24H27ClFN7O2. The van der Waals surface area contributed by atoms with Crippen molar-refractivity contribution >= 4 is 23.6 Å². The summed E-state index contributed by atoms with van der Waals surface area (Å²) in [6.07, 6.45) is 5.97. The predicted octanol–water partition coefficient (Wildman–Crippen LogP) is 3.45. The third-order valence-electron chi connectivity index (χ3n) is 6.49. The summed E-state index contributed by atoms with van der Waals surface area (Å²) in [4.78, 5) is 24.2. The molecule has 3 aromatic rings. The molecule has 2 aliphatic rings. The molecule has 1 unspecified atom stereocenters. The molecule has 2 aliphatic heterocycles. The van der Waals surface area contributed by atoms with E-state index < -0.39 is 11.9 Å². The first kappa shape index (κ1) is 23.5. The van der Waals surface area contributed by atoms with Crippen molar-refractivity contribution in [2.75, 3.05) is 25.1 Å². The van der Waals surface area contributed by atoms with Crippen molar-refractivity contribution in [1.29, 1.82) is 0 Å². The number of fused-ring (bicyclic) bond motifs is 1. The molecule has 1 fully saturated rings. The van der Waals surface area contributed by atoms with Crippen LogP contribution in [0.2, 0.25) is 5.02 Å². The number of benzene rings is 1. The normalized spacial score (nSPS) is 17.1. The van der Waals surface area contributed by atoms with Crippen LogP contribution in [-0.2, 0) is 24.8 Å². The molecule has 1 aromatic carbocycles. The lowest BCUT2D eigenvalue weighted by molar-refractivity contribution is 0.0903. The fourth-order valence-electron chi connectivity index (χ4n) is 4.47. The molecule has 2 amide bonds. The molecule has 0 saturated carbocycles. The molecular weight excluding hydrogens is 473 g/mol. The summed E-state index contributed by atoms with van der Waals surface area (Å²) in [6, 6.07) is 5.75. The minimum Gasteiger partial charge on any atom is -0.381 e. The largest absolute Gasteiger partial charge is 0.381 e. The molecule has 5 rings (SSSR count). The van der Waals surface area contributed by atoms with Crippen LogP contribution in [0.25, 0.3) is 0 Å². The summed E-state index contributed by atoms with van der Waals surface area (Å²) >= 11 is 5.88. The van der Waals surface area contributed by atoms with Crippen molar-refractivity contribution in [1.82, 2.24) is 30.0 Å². The van der Waals surface area contributed by atoms with E-state index in [2.05, 4.69) is 20.7 Å². The van der Waals surface area contributed by atoms with E-state index in [-0.39, 0.29) is 17.1 Å². The van der Waals surface area contributed by atoms with Crippen molar-refractivity contribution in [3.05, 3.63) is 70.0 Å². The van der Waals surface area contributed by atoms with Gasteiger partial charge in [0.2, 0.25) is 5.95 Å². The van der Waals surface area contributed by atoms with Crippen LogP contribution in [-0.4, -0.2) is 56.5 Å². The molecule has 2 N–H and O–H groups in total. The molecule has 0 spiro atoms. The summed E-state index contributed by atoms with van der Waals surface area (Å²) < 4.78 is 21.3. The fraction of sp³-hybridized carbons (Fsp3) is 0.417. The number of nitrogens with zero attached hydrogens (tertiary/aromatic N) is 5. The first-order valence-electron chi connectivity index (χ1n) is 11.7. The van der Waals surface area contributed by atoms with Crippen molar-refractivity contribution in [3.8, 4) is 0 Å². The Morgan fingerprint density at radius 3 is 2.86 bits per heavy atom. The molecule has 0 aliphatic carbocycles. The van der Waals surface area contributed by atoms with Crippen LogP contribution in [0.5, 0.6) is 0 Å². The topological polar surface area (TPSA) is 97.2 Å². The third-order valence-corrected chi connectivity index (χ3v) is 6.79. The Balaban J connectivity index is 1.33. The first-order chi connectivity index (χ1) is 17.0.